The largest absolute Gasteiger partial charge is 0.417 e. The van der Waals surface area contributed by atoms with E-state index in [0.29, 0.717) is 23.2 Å². The van der Waals surface area contributed by atoms with Gasteiger partial charge in [-0.1, -0.05) is 18.2 Å². The molecule has 0 unspecified atom stereocenters. The Kier molecular flexibility index (Phi) is 5.10. The van der Waals surface area contributed by atoms with Crippen molar-refractivity contribution in [2.45, 2.75) is 19.4 Å². The lowest BCUT2D eigenvalue weighted by Gasteiger charge is -2.13. The van der Waals surface area contributed by atoms with Gasteiger partial charge in [-0.05, 0) is 30.7 Å². The molecule has 3 heterocycles. The van der Waals surface area contributed by atoms with Gasteiger partial charge in [0.25, 0.3) is 17.7 Å². The average molecular weight is 391 g/mol. The maximum atomic E-state index is 12.3. The van der Waals surface area contributed by atoms with Gasteiger partial charge in [-0.2, -0.15) is 0 Å². The Balaban J connectivity index is 1.24. The van der Waals surface area contributed by atoms with Crippen LogP contribution in [-0.4, -0.2) is 44.3 Å². The Labute approximate surface area is 165 Å². The number of nitrogens with one attached hydrogen (secondary N) is 1. The molecule has 0 radical (unpaired) electrons. The lowest BCUT2D eigenvalue weighted by atomic mass is 10.1. The van der Waals surface area contributed by atoms with Crippen molar-refractivity contribution in [2.24, 2.45) is 0 Å². The normalized spacial score (nSPS) is 12.9. The molecular weight excluding hydrogens is 374 g/mol. The van der Waals surface area contributed by atoms with Gasteiger partial charge in [0.15, 0.2) is 0 Å². The van der Waals surface area contributed by atoms with Crippen LogP contribution in [0.2, 0.25) is 0 Å². The van der Waals surface area contributed by atoms with E-state index >= 15 is 0 Å². The molecule has 0 atom stereocenters. The fraction of sp³-hybridized carbons (Fsp3) is 0.200. The number of amides is 3. The first-order valence-corrected chi connectivity index (χ1v) is 9.09. The number of imide groups is 1. The fourth-order valence-corrected chi connectivity index (χ4v) is 3.02. The summed E-state index contributed by atoms with van der Waals surface area (Å²) >= 11 is 0. The number of pyridine rings is 1. The minimum absolute atomic E-state index is 0.0890. The van der Waals surface area contributed by atoms with E-state index in [-0.39, 0.29) is 49.0 Å². The maximum Gasteiger partial charge on any atom is 0.266 e. The number of benzene rings is 1. The summed E-state index contributed by atoms with van der Waals surface area (Å²) in [7, 11) is 0. The second-order valence-corrected chi connectivity index (χ2v) is 6.40. The van der Waals surface area contributed by atoms with Gasteiger partial charge in [0, 0.05) is 19.2 Å². The van der Waals surface area contributed by atoms with E-state index in [0.717, 1.165) is 0 Å². The van der Waals surface area contributed by atoms with Crippen molar-refractivity contribution in [1.82, 2.24) is 25.4 Å². The Morgan fingerprint density at radius 1 is 1.00 bits per heavy atom. The summed E-state index contributed by atoms with van der Waals surface area (Å²) in [5, 5.41) is 10.5. The molecule has 0 bridgehead atoms. The summed E-state index contributed by atoms with van der Waals surface area (Å²) in [4.78, 5) is 41.9. The number of hydrogen-bond acceptors (Lipinski definition) is 7. The van der Waals surface area contributed by atoms with E-state index in [9.17, 15) is 14.4 Å². The van der Waals surface area contributed by atoms with Crippen LogP contribution >= 0.6 is 0 Å². The molecule has 0 saturated heterocycles. The monoisotopic (exact) mass is 391 g/mol. The Bertz CT molecular complexity index is 1030. The van der Waals surface area contributed by atoms with E-state index in [4.69, 9.17) is 4.42 Å². The van der Waals surface area contributed by atoms with Gasteiger partial charge in [-0.3, -0.25) is 24.3 Å². The lowest BCUT2D eigenvalue weighted by Crippen LogP contribution is -2.32. The first-order valence-electron chi connectivity index (χ1n) is 9.09. The van der Waals surface area contributed by atoms with Crippen molar-refractivity contribution < 1.29 is 18.8 Å². The van der Waals surface area contributed by atoms with Crippen LogP contribution in [0, 0.1) is 0 Å². The fourth-order valence-electron chi connectivity index (χ4n) is 3.02. The third-order valence-corrected chi connectivity index (χ3v) is 4.45. The van der Waals surface area contributed by atoms with E-state index in [2.05, 4.69) is 20.5 Å². The number of rotatable bonds is 7. The minimum atomic E-state index is -0.320. The van der Waals surface area contributed by atoms with Gasteiger partial charge < -0.3 is 9.73 Å². The molecule has 9 nitrogen and oxygen atoms in total. The highest BCUT2D eigenvalue weighted by atomic mass is 16.4. The van der Waals surface area contributed by atoms with Gasteiger partial charge in [0.05, 0.1) is 17.7 Å². The second-order valence-electron chi connectivity index (χ2n) is 6.40. The zero-order valence-electron chi connectivity index (χ0n) is 15.4. The van der Waals surface area contributed by atoms with Crippen LogP contribution in [0.25, 0.3) is 11.6 Å². The van der Waals surface area contributed by atoms with Crippen LogP contribution in [0.5, 0.6) is 0 Å². The van der Waals surface area contributed by atoms with Crippen LogP contribution in [0.3, 0.4) is 0 Å². The smallest absolute Gasteiger partial charge is 0.266 e. The van der Waals surface area contributed by atoms with Gasteiger partial charge >= 0.3 is 0 Å². The molecule has 4 rings (SSSR count). The number of fused-ring (bicyclic) bond motifs is 1. The van der Waals surface area contributed by atoms with Crippen LogP contribution in [-0.2, 0) is 11.3 Å². The molecule has 9 heteroatoms. The summed E-state index contributed by atoms with van der Waals surface area (Å²) < 4.78 is 5.47. The molecule has 1 aliphatic rings. The van der Waals surface area contributed by atoms with E-state index in [1.54, 1.807) is 42.6 Å². The Hall–Kier alpha value is -3.88. The van der Waals surface area contributed by atoms with Crippen molar-refractivity contribution in [3.8, 4) is 11.6 Å². The van der Waals surface area contributed by atoms with Crippen molar-refractivity contribution in [3.63, 3.8) is 0 Å². The quantitative estimate of drug-likeness (QED) is 0.610. The summed E-state index contributed by atoms with van der Waals surface area (Å²) in [6, 6.07) is 12.0. The van der Waals surface area contributed by atoms with Crippen molar-refractivity contribution in [1.29, 1.82) is 0 Å². The maximum absolute atomic E-state index is 12.3. The molecule has 3 aromatic rings. The summed E-state index contributed by atoms with van der Waals surface area (Å²) in [6.07, 6.45) is 2.14. The predicted molar refractivity (Wildman–Crippen MR) is 100 cm³/mol. The SMILES string of the molecule is O=C(CCCN1C(=O)c2ccccc2C1=O)NCc1nnc(-c2ccccn2)o1. The van der Waals surface area contributed by atoms with Crippen LogP contribution in [0.15, 0.2) is 53.1 Å². The summed E-state index contributed by atoms with van der Waals surface area (Å²) in [5.74, 6) is -0.336. The molecule has 0 fully saturated rings. The predicted octanol–water partition coefficient (Wildman–Crippen LogP) is 1.82. The summed E-state index contributed by atoms with van der Waals surface area (Å²) in [6.45, 7) is 0.274. The number of carbonyl (C=O) groups excluding carboxylic acids is 3. The number of carbonyl (C=O) groups is 3. The molecule has 1 aromatic carbocycles. The highest BCUT2D eigenvalue weighted by Gasteiger charge is 2.34. The standard InChI is InChI=1S/C20H17N5O4/c26-16(22-12-17-23-24-18(29-17)15-8-3-4-10-21-15)9-5-11-25-19(27)13-6-1-2-7-14(13)20(25)28/h1-4,6-8,10H,5,9,11-12H2,(H,22,26). The molecule has 0 saturated carbocycles. The van der Waals surface area contributed by atoms with Crippen molar-refractivity contribution >= 4 is 17.7 Å². The van der Waals surface area contributed by atoms with Crippen LogP contribution < -0.4 is 5.32 Å². The molecule has 29 heavy (non-hydrogen) atoms. The Morgan fingerprint density at radius 2 is 1.72 bits per heavy atom. The Morgan fingerprint density at radius 3 is 2.41 bits per heavy atom. The lowest BCUT2D eigenvalue weighted by molar-refractivity contribution is -0.121. The number of aromatic nitrogens is 3. The third kappa shape index (κ3) is 3.88. The van der Waals surface area contributed by atoms with Crippen molar-refractivity contribution in [2.75, 3.05) is 6.54 Å². The van der Waals surface area contributed by atoms with Crippen LogP contribution in [0.1, 0.15) is 39.4 Å². The number of nitrogens with zero attached hydrogens (tertiary/aromatic N) is 4. The van der Waals surface area contributed by atoms with Crippen LogP contribution in [0.4, 0.5) is 0 Å². The molecule has 2 aromatic heterocycles. The molecule has 1 aliphatic heterocycles. The minimum Gasteiger partial charge on any atom is -0.417 e. The van der Waals surface area contributed by atoms with E-state index in [1.807, 2.05) is 6.07 Å². The average Bonchev–Trinajstić information content (AvgIpc) is 3.32. The molecule has 1 N–H and O–H groups in total. The van der Waals surface area contributed by atoms with Gasteiger partial charge in [0.1, 0.15) is 5.69 Å². The second kappa shape index (κ2) is 8.01. The zero-order chi connectivity index (χ0) is 20.2. The topological polar surface area (TPSA) is 118 Å². The van der Waals surface area contributed by atoms with E-state index < -0.39 is 0 Å². The zero-order valence-corrected chi connectivity index (χ0v) is 15.4. The molecule has 0 aliphatic carbocycles. The summed E-state index contributed by atoms with van der Waals surface area (Å²) in [5.41, 5.74) is 1.36. The van der Waals surface area contributed by atoms with Gasteiger partial charge in [-0.25, -0.2) is 0 Å². The molecule has 0 spiro atoms. The van der Waals surface area contributed by atoms with Gasteiger partial charge in [-0.15, -0.1) is 10.2 Å². The number of hydrogen-bond donors (Lipinski definition) is 1. The van der Waals surface area contributed by atoms with E-state index in [1.165, 1.54) is 4.90 Å². The highest BCUT2D eigenvalue weighted by molar-refractivity contribution is 6.21. The van der Waals surface area contributed by atoms with Crippen molar-refractivity contribution in [3.05, 3.63) is 65.7 Å². The van der Waals surface area contributed by atoms with Gasteiger partial charge in [0.2, 0.25) is 11.8 Å². The highest BCUT2D eigenvalue weighted by Crippen LogP contribution is 2.22. The third-order valence-electron chi connectivity index (χ3n) is 4.45. The molecule has 146 valence electrons. The first-order chi connectivity index (χ1) is 14.1. The molecular formula is C20H17N5O4. The molecule has 3 amide bonds. The first kappa shape index (κ1) is 18.5.